The Kier molecular flexibility index (Phi) is 14.6. The lowest BCUT2D eigenvalue weighted by molar-refractivity contribution is -0.00408. The van der Waals surface area contributed by atoms with E-state index in [1.54, 1.807) is 0 Å². The van der Waals surface area contributed by atoms with Crippen molar-refractivity contribution in [3.8, 4) is 23.0 Å². The van der Waals surface area contributed by atoms with E-state index < -0.39 is 9.05 Å². The number of benzene rings is 4. The fourth-order valence-electron chi connectivity index (χ4n) is 5.31. The van der Waals surface area contributed by atoms with Gasteiger partial charge in [0.2, 0.25) is 0 Å². The van der Waals surface area contributed by atoms with Crippen LogP contribution in [0.2, 0.25) is 0 Å². The van der Waals surface area contributed by atoms with Gasteiger partial charge in [0.05, 0.1) is 13.2 Å². The summed E-state index contributed by atoms with van der Waals surface area (Å²) in [7, 11) is -3.91. The normalized spacial score (nSPS) is 12.0. The topological polar surface area (TPSA) is 55.4 Å². The Bertz CT molecular complexity index is 1360. The van der Waals surface area contributed by atoms with Crippen molar-refractivity contribution >= 4 is 9.05 Å². The molecule has 0 bridgehead atoms. The van der Waals surface area contributed by atoms with Gasteiger partial charge in [-0.3, -0.25) is 0 Å². The van der Waals surface area contributed by atoms with Crippen LogP contribution in [0.1, 0.15) is 78.4 Å². The molecule has 0 unspecified atom stereocenters. The number of hydrogen-bond acceptors (Lipinski definition) is 6. The Morgan fingerprint density at radius 1 is 0.469 bits per heavy atom. The molecule has 4 aromatic carbocycles. The predicted molar refractivity (Wildman–Crippen MR) is 200 cm³/mol. The largest absolute Gasteiger partial charge is 0.820 e. The standard InChI is InChI=1S/C42H56O6Si/c1-7-9-29-43-37-21-25-39(26-22-37)47-49(45-33-41(3,4)31-35-17-13-11-14-18-35,46-34-42(5,6)32-36-19-15-12-16-20-36)48-40-27-23-38(24-28-40)44-30-10-8-2/h11-28H,7-10,29-34H2,1-6H3. The van der Waals surface area contributed by atoms with Crippen LogP contribution in [0.5, 0.6) is 23.0 Å². The second kappa shape index (κ2) is 18.8. The van der Waals surface area contributed by atoms with E-state index in [1.165, 1.54) is 11.1 Å². The third-order valence-corrected chi connectivity index (χ3v) is 9.96. The molecule has 49 heavy (non-hydrogen) atoms. The van der Waals surface area contributed by atoms with Gasteiger partial charge in [-0.05, 0) is 96.2 Å². The first kappa shape index (κ1) is 38.0. The highest BCUT2D eigenvalue weighted by molar-refractivity contribution is 6.55. The zero-order valence-electron chi connectivity index (χ0n) is 30.4. The van der Waals surface area contributed by atoms with Crippen molar-refractivity contribution in [2.75, 3.05) is 26.4 Å². The zero-order valence-corrected chi connectivity index (χ0v) is 31.4. The van der Waals surface area contributed by atoms with Gasteiger partial charge in [0.25, 0.3) is 0 Å². The molecule has 0 N–H and O–H groups in total. The Morgan fingerprint density at radius 3 is 1.16 bits per heavy atom. The van der Waals surface area contributed by atoms with Gasteiger partial charge in [0, 0.05) is 13.2 Å². The SMILES string of the molecule is CCCCOc1ccc(O[Si](OCC(C)(C)Cc2ccccc2)(OCC(C)(C)Cc2ccccc2)Oc2ccc(OCCCC)cc2)cc1. The third kappa shape index (κ3) is 13.6. The van der Waals surface area contributed by atoms with E-state index >= 15 is 0 Å². The molecule has 6 nitrogen and oxygen atoms in total. The molecule has 4 aromatic rings. The molecular formula is C42H56O6Si. The number of ether oxygens (including phenoxy) is 2. The summed E-state index contributed by atoms with van der Waals surface area (Å²) >= 11 is 0. The molecule has 264 valence electrons. The summed E-state index contributed by atoms with van der Waals surface area (Å²) < 4.78 is 39.1. The lowest BCUT2D eigenvalue weighted by Crippen LogP contribution is -2.57. The molecule has 0 saturated carbocycles. The zero-order chi connectivity index (χ0) is 35.0. The average Bonchev–Trinajstić information content (AvgIpc) is 3.09. The predicted octanol–water partition coefficient (Wildman–Crippen LogP) is 10.5. The quantitative estimate of drug-likeness (QED) is 0.0607. The van der Waals surface area contributed by atoms with E-state index in [-0.39, 0.29) is 10.8 Å². The number of hydrogen-bond donors (Lipinski definition) is 0. The van der Waals surface area contributed by atoms with E-state index in [2.05, 4.69) is 90.1 Å². The highest BCUT2D eigenvalue weighted by Gasteiger charge is 2.54. The van der Waals surface area contributed by atoms with Crippen molar-refractivity contribution in [1.82, 2.24) is 0 Å². The molecule has 7 heteroatoms. The Balaban J connectivity index is 1.64. The lowest BCUT2D eigenvalue weighted by Gasteiger charge is -2.35. The molecule has 0 heterocycles. The van der Waals surface area contributed by atoms with Crippen LogP contribution in [0.4, 0.5) is 0 Å². The highest BCUT2D eigenvalue weighted by Crippen LogP contribution is 2.32. The van der Waals surface area contributed by atoms with Gasteiger partial charge in [-0.2, -0.15) is 0 Å². The van der Waals surface area contributed by atoms with E-state index in [0.29, 0.717) is 37.9 Å². The average molecular weight is 685 g/mol. The van der Waals surface area contributed by atoms with Crippen LogP contribution in [-0.4, -0.2) is 35.5 Å². The van der Waals surface area contributed by atoms with E-state index in [4.69, 9.17) is 27.2 Å². The van der Waals surface area contributed by atoms with Gasteiger partial charge in [-0.15, -0.1) is 0 Å². The van der Waals surface area contributed by atoms with E-state index in [9.17, 15) is 0 Å². The van der Waals surface area contributed by atoms with Gasteiger partial charge in [-0.1, -0.05) is 115 Å². The van der Waals surface area contributed by atoms with Crippen LogP contribution >= 0.6 is 0 Å². The molecule has 0 atom stereocenters. The highest BCUT2D eigenvalue weighted by atomic mass is 28.4. The lowest BCUT2D eigenvalue weighted by atomic mass is 9.87. The van der Waals surface area contributed by atoms with Gasteiger partial charge in [-0.25, -0.2) is 0 Å². The van der Waals surface area contributed by atoms with Crippen LogP contribution < -0.4 is 18.3 Å². The molecule has 0 aromatic heterocycles. The number of unbranched alkanes of at least 4 members (excludes halogenated alkanes) is 2. The molecule has 0 amide bonds. The summed E-state index contributed by atoms with van der Waals surface area (Å²) in [6.45, 7) is 15.2. The molecule has 0 fully saturated rings. The molecule has 0 saturated heterocycles. The minimum Gasteiger partial charge on any atom is -0.494 e. The summed E-state index contributed by atoms with van der Waals surface area (Å²) in [5.74, 6) is 2.77. The smallest absolute Gasteiger partial charge is 0.494 e. The van der Waals surface area contributed by atoms with Crippen LogP contribution in [0.3, 0.4) is 0 Å². The second-order valence-electron chi connectivity index (χ2n) is 14.3. The third-order valence-electron chi connectivity index (χ3n) is 8.00. The monoisotopic (exact) mass is 684 g/mol. The summed E-state index contributed by atoms with van der Waals surface area (Å²) in [5.41, 5.74) is 2.02. The van der Waals surface area contributed by atoms with Crippen molar-refractivity contribution in [2.45, 2.75) is 80.1 Å². The van der Waals surface area contributed by atoms with Crippen LogP contribution in [-0.2, 0) is 21.7 Å². The molecule has 0 radical (unpaired) electrons. The molecule has 0 spiro atoms. The summed E-state index contributed by atoms with van der Waals surface area (Å²) in [5, 5.41) is 0. The molecule has 4 rings (SSSR count). The summed E-state index contributed by atoms with van der Waals surface area (Å²) in [6.07, 6.45) is 5.81. The summed E-state index contributed by atoms with van der Waals surface area (Å²) in [6, 6.07) is 36.2. The first-order valence-corrected chi connectivity index (χ1v) is 19.4. The maximum absolute atomic E-state index is 6.85. The van der Waals surface area contributed by atoms with Gasteiger partial charge in [0.1, 0.15) is 23.0 Å². The molecular weight excluding hydrogens is 629 g/mol. The van der Waals surface area contributed by atoms with Crippen molar-refractivity contribution in [3.63, 3.8) is 0 Å². The van der Waals surface area contributed by atoms with Crippen molar-refractivity contribution in [1.29, 1.82) is 0 Å². The first-order valence-electron chi connectivity index (χ1n) is 17.8. The molecule has 0 aliphatic rings. The Labute approximate surface area is 296 Å². The number of rotatable bonds is 22. The van der Waals surface area contributed by atoms with E-state index in [0.717, 1.165) is 50.0 Å². The molecule has 0 aliphatic carbocycles. The minimum atomic E-state index is -3.91. The van der Waals surface area contributed by atoms with Gasteiger partial charge in [0.15, 0.2) is 0 Å². The first-order chi connectivity index (χ1) is 23.6. The Morgan fingerprint density at radius 2 is 0.816 bits per heavy atom. The van der Waals surface area contributed by atoms with Crippen LogP contribution in [0.15, 0.2) is 109 Å². The van der Waals surface area contributed by atoms with Crippen molar-refractivity contribution < 1.29 is 27.2 Å². The van der Waals surface area contributed by atoms with Crippen LogP contribution in [0.25, 0.3) is 0 Å². The van der Waals surface area contributed by atoms with Crippen LogP contribution in [0, 0.1) is 10.8 Å². The maximum Gasteiger partial charge on any atom is 0.820 e. The molecule has 0 aliphatic heterocycles. The fourth-order valence-corrected chi connectivity index (χ4v) is 7.66. The van der Waals surface area contributed by atoms with Crippen molar-refractivity contribution in [2.24, 2.45) is 10.8 Å². The maximum atomic E-state index is 6.85. The second-order valence-corrected chi connectivity index (χ2v) is 16.3. The van der Waals surface area contributed by atoms with Gasteiger partial charge < -0.3 is 27.2 Å². The summed E-state index contributed by atoms with van der Waals surface area (Å²) in [4.78, 5) is 0. The Hall–Kier alpha value is -3.78. The fraction of sp³-hybridized carbons (Fsp3) is 0.429. The van der Waals surface area contributed by atoms with E-state index in [1.807, 2.05) is 60.7 Å². The minimum absolute atomic E-state index is 0.233. The van der Waals surface area contributed by atoms with Gasteiger partial charge >= 0.3 is 9.05 Å². The van der Waals surface area contributed by atoms with Crippen molar-refractivity contribution in [3.05, 3.63) is 120 Å².